The lowest BCUT2D eigenvalue weighted by Gasteiger charge is -2.00. The average molecular weight is 303 g/mol. The van der Waals surface area contributed by atoms with Gasteiger partial charge in [-0.05, 0) is 29.8 Å². The number of benzene rings is 2. The van der Waals surface area contributed by atoms with Gasteiger partial charge >= 0.3 is 0 Å². The molecular formula is C15H11ClN2O3. The molecule has 0 radical (unpaired) electrons. The first-order valence-corrected chi connectivity index (χ1v) is 6.59. The van der Waals surface area contributed by atoms with E-state index >= 15 is 0 Å². The Kier molecular flexibility index (Phi) is 3.50. The van der Waals surface area contributed by atoms with Crippen LogP contribution in [0.5, 0.6) is 11.5 Å². The topological polar surface area (TPSA) is 79.4 Å². The fourth-order valence-electron chi connectivity index (χ4n) is 1.92. The van der Waals surface area contributed by atoms with Crippen LogP contribution in [-0.4, -0.2) is 20.4 Å². The summed E-state index contributed by atoms with van der Waals surface area (Å²) in [4.78, 5) is 4.22. The molecule has 5 nitrogen and oxygen atoms in total. The van der Waals surface area contributed by atoms with Crippen LogP contribution in [0.15, 0.2) is 47.0 Å². The van der Waals surface area contributed by atoms with E-state index in [9.17, 15) is 10.2 Å². The number of halogens is 1. The fourth-order valence-corrected chi connectivity index (χ4v) is 2.05. The van der Waals surface area contributed by atoms with E-state index in [0.717, 1.165) is 5.56 Å². The summed E-state index contributed by atoms with van der Waals surface area (Å²) in [5, 5.41) is 23.8. The molecule has 6 heteroatoms. The SMILES string of the molecule is Oc1cccc(-c2nc(Cc3ccc(Cl)cc3)no2)c1O. The van der Waals surface area contributed by atoms with E-state index in [1.54, 1.807) is 24.3 Å². The summed E-state index contributed by atoms with van der Waals surface area (Å²) in [6.07, 6.45) is 0.486. The molecule has 0 aliphatic carbocycles. The molecule has 1 heterocycles. The quantitative estimate of drug-likeness (QED) is 0.725. The molecule has 0 saturated heterocycles. The first-order chi connectivity index (χ1) is 10.1. The highest BCUT2D eigenvalue weighted by Gasteiger charge is 2.15. The predicted octanol–water partition coefficient (Wildman–Crippen LogP) is 3.39. The predicted molar refractivity (Wildman–Crippen MR) is 77.3 cm³/mol. The number of aromatic nitrogens is 2. The summed E-state index contributed by atoms with van der Waals surface area (Å²) in [6.45, 7) is 0. The van der Waals surface area contributed by atoms with Crippen molar-refractivity contribution in [3.05, 3.63) is 58.9 Å². The lowest BCUT2D eigenvalue weighted by molar-refractivity contribution is 0.396. The van der Waals surface area contributed by atoms with Crippen molar-refractivity contribution >= 4 is 11.6 Å². The zero-order valence-electron chi connectivity index (χ0n) is 10.8. The van der Waals surface area contributed by atoms with Gasteiger partial charge < -0.3 is 14.7 Å². The first-order valence-electron chi connectivity index (χ1n) is 6.22. The smallest absolute Gasteiger partial charge is 0.261 e. The van der Waals surface area contributed by atoms with Crippen LogP contribution in [0.25, 0.3) is 11.5 Å². The molecule has 3 aromatic rings. The molecule has 0 atom stereocenters. The number of aromatic hydroxyl groups is 2. The van der Waals surface area contributed by atoms with Gasteiger partial charge in [0.2, 0.25) is 0 Å². The van der Waals surface area contributed by atoms with E-state index < -0.39 is 0 Å². The van der Waals surface area contributed by atoms with Crippen LogP contribution < -0.4 is 0 Å². The lowest BCUT2D eigenvalue weighted by Crippen LogP contribution is -1.90. The minimum atomic E-state index is -0.279. The van der Waals surface area contributed by atoms with Gasteiger partial charge in [-0.15, -0.1) is 0 Å². The van der Waals surface area contributed by atoms with Gasteiger partial charge in [-0.2, -0.15) is 4.98 Å². The summed E-state index contributed by atoms with van der Waals surface area (Å²) < 4.78 is 5.12. The summed E-state index contributed by atoms with van der Waals surface area (Å²) in [6, 6.07) is 11.9. The van der Waals surface area contributed by atoms with Crippen LogP contribution >= 0.6 is 11.6 Å². The summed E-state index contributed by atoms with van der Waals surface area (Å²) >= 11 is 5.83. The Morgan fingerprint density at radius 3 is 2.57 bits per heavy atom. The summed E-state index contributed by atoms with van der Waals surface area (Å²) in [5.41, 5.74) is 1.29. The molecule has 0 aliphatic heterocycles. The molecule has 2 N–H and O–H groups in total. The Bertz CT molecular complexity index is 769. The third-order valence-electron chi connectivity index (χ3n) is 2.99. The van der Waals surface area contributed by atoms with Gasteiger partial charge in [-0.1, -0.05) is 35.0 Å². The number of hydrogen-bond donors (Lipinski definition) is 2. The molecule has 0 bridgehead atoms. The van der Waals surface area contributed by atoms with Crippen molar-refractivity contribution in [2.45, 2.75) is 6.42 Å². The third kappa shape index (κ3) is 2.83. The Morgan fingerprint density at radius 1 is 1.05 bits per heavy atom. The number of phenolic OH excluding ortho intramolecular Hbond substituents is 2. The van der Waals surface area contributed by atoms with Crippen LogP contribution in [-0.2, 0) is 6.42 Å². The Morgan fingerprint density at radius 2 is 1.81 bits per heavy atom. The molecule has 1 aromatic heterocycles. The van der Waals surface area contributed by atoms with Gasteiger partial charge in [0, 0.05) is 11.4 Å². The lowest BCUT2D eigenvalue weighted by atomic mass is 10.1. The van der Waals surface area contributed by atoms with Gasteiger partial charge in [-0.3, -0.25) is 0 Å². The van der Waals surface area contributed by atoms with Gasteiger partial charge in [0.15, 0.2) is 17.3 Å². The Hall–Kier alpha value is -2.53. The highest BCUT2D eigenvalue weighted by molar-refractivity contribution is 6.30. The molecule has 0 aliphatic rings. The second-order valence-corrected chi connectivity index (χ2v) is 4.93. The summed E-state index contributed by atoms with van der Waals surface area (Å²) in [5.74, 6) is 0.131. The monoisotopic (exact) mass is 302 g/mol. The van der Waals surface area contributed by atoms with Crippen molar-refractivity contribution in [3.8, 4) is 23.0 Å². The molecule has 0 saturated carbocycles. The standard InChI is InChI=1S/C15H11ClN2O3/c16-10-6-4-9(5-7-10)8-13-17-15(21-18-13)11-2-1-3-12(19)14(11)20/h1-7,19-20H,8H2. The number of hydrogen-bond acceptors (Lipinski definition) is 5. The first kappa shape index (κ1) is 13.5. The number of para-hydroxylation sites is 1. The van der Waals surface area contributed by atoms with Crippen molar-refractivity contribution in [1.82, 2.24) is 10.1 Å². The van der Waals surface area contributed by atoms with E-state index in [1.807, 2.05) is 12.1 Å². The maximum Gasteiger partial charge on any atom is 0.261 e. The van der Waals surface area contributed by atoms with Crippen LogP contribution in [0, 0.1) is 0 Å². The molecule has 0 unspecified atom stereocenters. The van der Waals surface area contributed by atoms with Crippen LogP contribution in [0.4, 0.5) is 0 Å². The minimum absolute atomic E-state index is 0.160. The molecule has 0 fully saturated rings. The fraction of sp³-hybridized carbons (Fsp3) is 0.0667. The molecule has 0 spiro atoms. The molecule has 3 rings (SSSR count). The van der Waals surface area contributed by atoms with Gasteiger partial charge in [0.1, 0.15) is 0 Å². The zero-order chi connectivity index (χ0) is 14.8. The maximum atomic E-state index is 9.79. The van der Waals surface area contributed by atoms with E-state index in [-0.39, 0.29) is 17.4 Å². The minimum Gasteiger partial charge on any atom is -0.504 e. The Labute approximate surface area is 125 Å². The van der Waals surface area contributed by atoms with Crippen molar-refractivity contribution in [2.75, 3.05) is 0 Å². The van der Waals surface area contributed by atoms with Crippen LogP contribution in [0.1, 0.15) is 11.4 Å². The molecular weight excluding hydrogens is 292 g/mol. The highest BCUT2D eigenvalue weighted by Crippen LogP contribution is 2.35. The molecule has 106 valence electrons. The van der Waals surface area contributed by atoms with E-state index in [2.05, 4.69) is 10.1 Å². The maximum absolute atomic E-state index is 9.79. The van der Waals surface area contributed by atoms with Crippen molar-refractivity contribution < 1.29 is 14.7 Å². The largest absolute Gasteiger partial charge is 0.504 e. The molecule has 21 heavy (non-hydrogen) atoms. The van der Waals surface area contributed by atoms with Crippen molar-refractivity contribution in [2.24, 2.45) is 0 Å². The number of phenols is 2. The third-order valence-corrected chi connectivity index (χ3v) is 3.24. The second-order valence-electron chi connectivity index (χ2n) is 4.49. The number of rotatable bonds is 3. The van der Waals surface area contributed by atoms with Crippen LogP contribution in [0.3, 0.4) is 0 Å². The van der Waals surface area contributed by atoms with Crippen molar-refractivity contribution in [1.29, 1.82) is 0 Å². The van der Waals surface area contributed by atoms with Gasteiger partial charge in [0.05, 0.1) is 5.56 Å². The van der Waals surface area contributed by atoms with E-state index in [4.69, 9.17) is 16.1 Å². The second kappa shape index (κ2) is 5.46. The van der Waals surface area contributed by atoms with E-state index in [1.165, 1.54) is 6.07 Å². The molecule has 0 amide bonds. The van der Waals surface area contributed by atoms with E-state index in [0.29, 0.717) is 22.8 Å². The highest BCUT2D eigenvalue weighted by atomic mass is 35.5. The normalized spacial score (nSPS) is 10.7. The summed E-state index contributed by atoms with van der Waals surface area (Å²) in [7, 11) is 0. The number of nitrogens with zero attached hydrogens (tertiary/aromatic N) is 2. The average Bonchev–Trinajstić information content (AvgIpc) is 2.93. The molecule has 2 aromatic carbocycles. The van der Waals surface area contributed by atoms with Gasteiger partial charge in [0.25, 0.3) is 5.89 Å². The van der Waals surface area contributed by atoms with Crippen molar-refractivity contribution in [3.63, 3.8) is 0 Å². The van der Waals surface area contributed by atoms with Crippen LogP contribution in [0.2, 0.25) is 5.02 Å². The zero-order valence-corrected chi connectivity index (χ0v) is 11.6. The Balaban J connectivity index is 1.86. The van der Waals surface area contributed by atoms with Gasteiger partial charge in [-0.25, -0.2) is 0 Å².